The van der Waals surface area contributed by atoms with Gasteiger partial charge in [-0.05, 0) is 32.9 Å². The van der Waals surface area contributed by atoms with Crippen molar-refractivity contribution in [2.45, 2.75) is 70.0 Å². The lowest BCUT2D eigenvalue weighted by atomic mass is 10.1. The van der Waals surface area contributed by atoms with E-state index in [-0.39, 0.29) is 12.0 Å². The second-order valence-electron chi connectivity index (χ2n) is 6.87. The van der Waals surface area contributed by atoms with E-state index in [1.165, 1.54) is 11.8 Å². The number of urea groups is 1. The molecule has 0 unspecified atom stereocenters. The summed E-state index contributed by atoms with van der Waals surface area (Å²) in [5.41, 5.74) is 5.10. The number of amides is 3. The van der Waals surface area contributed by atoms with Crippen LogP contribution in [-0.2, 0) is 11.3 Å². The Morgan fingerprint density at radius 3 is 2.38 bits per heavy atom. The highest BCUT2D eigenvalue weighted by molar-refractivity contribution is 8.00. The van der Waals surface area contributed by atoms with E-state index in [0.717, 1.165) is 31.6 Å². The van der Waals surface area contributed by atoms with Gasteiger partial charge < -0.3 is 10.3 Å². The van der Waals surface area contributed by atoms with Crippen molar-refractivity contribution in [3.63, 3.8) is 0 Å². The summed E-state index contributed by atoms with van der Waals surface area (Å²) in [6.45, 7) is 8.92. The number of rotatable bonds is 10. The fourth-order valence-corrected chi connectivity index (χ4v) is 3.80. The molecule has 3 amide bonds. The van der Waals surface area contributed by atoms with E-state index in [4.69, 9.17) is 5.73 Å². The van der Waals surface area contributed by atoms with Crippen LogP contribution in [0, 0.1) is 5.92 Å². The first kappa shape index (κ1) is 22.4. The van der Waals surface area contributed by atoms with Crippen molar-refractivity contribution in [2.24, 2.45) is 11.7 Å². The molecule has 0 saturated heterocycles. The highest BCUT2D eigenvalue weighted by Gasteiger charge is 2.29. The molecule has 0 radical (unpaired) electrons. The van der Waals surface area contributed by atoms with Crippen LogP contribution in [0.25, 0.3) is 0 Å². The number of aromatic nitrogens is 3. The SMILES string of the molecule is CCCCn1c(S[C@H](C(=O)NC(N)=O)C(C)C)nnc1[C@H](CC)N(C)C. The molecular formula is C17H32N6O2S. The van der Waals surface area contributed by atoms with Gasteiger partial charge >= 0.3 is 6.03 Å². The number of hydrogen-bond donors (Lipinski definition) is 2. The predicted octanol–water partition coefficient (Wildman–Crippen LogP) is 2.40. The van der Waals surface area contributed by atoms with Crippen LogP contribution >= 0.6 is 11.8 Å². The molecule has 1 rings (SSSR count). The molecule has 8 nitrogen and oxygen atoms in total. The van der Waals surface area contributed by atoms with Crippen molar-refractivity contribution in [1.82, 2.24) is 25.0 Å². The first-order chi connectivity index (χ1) is 12.2. The maximum atomic E-state index is 12.3. The maximum Gasteiger partial charge on any atom is 0.318 e. The van der Waals surface area contributed by atoms with E-state index in [9.17, 15) is 9.59 Å². The highest BCUT2D eigenvalue weighted by Crippen LogP contribution is 2.30. The number of unbranched alkanes of at least 4 members (excludes halogenated alkanes) is 1. The summed E-state index contributed by atoms with van der Waals surface area (Å²) < 4.78 is 2.11. The number of carbonyl (C=O) groups is 2. The molecule has 26 heavy (non-hydrogen) atoms. The molecular weight excluding hydrogens is 352 g/mol. The maximum absolute atomic E-state index is 12.3. The summed E-state index contributed by atoms with van der Waals surface area (Å²) in [6, 6.07) is -0.682. The standard InChI is InChI=1S/C17H32N6O2S/c1-7-9-10-23-14(12(8-2)22(5)6)20-21-17(23)26-13(11(3)4)15(24)19-16(18)25/h11-13H,7-10H2,1-6H3,(H3,18,19,24,25)/t12-,13-/m0/s1. The van der Waals surface area contributed by atoms with Crippen LogP contribution in [0.1, 0.15) is 58.8 Å². The molecule has 3 N–H and O–H groups in total. The lowest BCUT2D eigenvalue weighted by Crippen LogP contribution is -2.42. The van der Waals surface area contributed by atoms with Gasteiger partial charge in [-0.2, -0.15) is 0 Å². The normalized spacial score (nSPS) is 13.8. The van der Waals surface area contributed by atoms with Crippen molar-refractivity contribution >= 4 is 23.7 Å². The molecule has 0 saturated carbocycles. The first-order valence-corrected chi connectivity index (χ1v) is 9.97. The molecule has 0 aliphatic heterocycles. The number of primary amides is 1. The molecule has 148 valence electrons. The predicted molar refractivity (Wildman–Crippen MR) is 104 cm³/mol. The fraction of sp³-hybridized carbons (Fsp3) is 0.765. The molecule has 9 heteroatoms. The van der Waals surface area contributed by atoms with Crippen LogP contribution < -0.4 is 11.1 Å². The van der Waals surface area contributed by atoms with Crippen molar-refractivity contribution in [2.75, 3.05) is 14.1 Å². The molecule has 1 heterocycles. The average molecular weight is 385 g/mol. The third kappa shape index (κ3) is 5.98. The van der Waals surface area contributed by atoms with E-state index in [0.29, 0.717) is 5.16 Å². The quantitative estimate of drug-likeness (QED) is 0.600. The molecule has 1 aromatic rings. The van der Waals surface area contributed by atoms with Gasteiger partial charge in [0.05, 0.1) is 11.3 Å². The monoisotopic (exact) mass is 384 g/mol. The molecule has 1 aromatic heterocycles. The smallest absolute Gasteiger partial charge is 0.318 e. The van der Waals surface area contributed by atoms with Crippen molar-refractivity contribution in [3.05, 3.63) is 5.82 Å². The summed E-state index contributed by atoms with van der Waals surface area (Å²) in [6.07, 6.45) is 2.97. The zero-order chi connectivity index (χ0) is 19.9. The minimum Gasteiger partial charge on any atom is -0.351 e. The number of nitrogens with one attached hydrogen (secondary N) is 1. The van der Waals surface area contributed by atoms with E-state index in [1.807, 2.05) is 27.9 Å². The Kier molecular flexibility index (Phi) is 9.07. The second-order valence-corrected chi connectivity index (χ2v) is 7.98. The fourth-order valence-electron chi connectivity index (χ4n) is 2.74. The molecule has 2 atom stereocenters. The Hall–Kier alpha value is -1.61. The van der Waals surface area contributed by atoms with Crippen LogP contribution in [0.15, 0.2) is 5.16 Å². The number of carbonyl (C=O) groups excluding carboxylic acids is 2. The van der Waals surface area contributed by atoms with Gasteiger partial charge in [0.1, 0.15) is 0 Å². The van der Waals surface area contributed by atoms with Crippen molar-refractivity contribution < 1.29 is 9.59 Å². The lowest BCUT2D eigenvalue weighted by Gasteiger charge is -2.24. The number of hydrogen-bond acceptors (Lipinski definition) is 6. The van der Waals surface area contributed by atoms with Crippen LogP contribution in [0.4, 0.5) is 4.79 Å². The molecule has 0 aliphatic carbocycles. The zero-order valence-corrected chi connectivity index (χ0v) is 17.5. The van der Waals surface area contributed by atoms with Gasteiger partial charge in [0.15, 0.2) is 11.0 Å². The minimum atomic E-state index is -0.840. The van der Waals surface area contributed by atoms with Crippen molar-refractivity contribution in [3.8, 4) is 0 Å². The Morgan fingerprint density at radius 2 is 1.92 bits per heavy atom. The summed E-state index contributed by atoms with van der Waals surface area (Å²) >= 11 is 1.34. The lowest BCUT2D eigenvalue weighted by molar-refractivity contribution is -0.120. The molecule has 0 fully saturated rings. The van der Waals surface area contributed by atoms with E-state index >= 15 is 0 Å². The van der Waals surface area contributed by atoms with Crippen LogP contribution in [0.2, 0.25) is 0 Å². The van der Waals surface area contributed by atoms with Gasteiger partial charge in [0.25, 0.3) is 0 Å². The summed E-state index contributed by atoms with van der Waals surface area (Å²) in [4.78, 5) is 25.5. The van der Waals surface area contributed by atoms with E-state index in [2.05, 4.69) is 38.8 Å². The minimum absolute atomic E-state index is 0.00921. The highest BCUT2D eigenvalue weighted by atomic mass is 32.2. The van der Waals surface area contributed by atoms with E-state index in [1.54, 1.807) is 0 Å². The van der Waals surface area contributed by atoms with Crippen LogP contribution in [0.3, 0.4) is 0 Å². The van der Waals surface area contributed by atoms with Crippen LogP contribution in [0.5, 0.6) is 0 Å². The zero-order valence-electron chi connectivity index (χ0n) is 16.7. The van der Waals surface area contributed by atoms with Gasteiger partial charge in [-0.15, -0.1) is 10.2 Å². The Balaban J connectivity index is 3.18. The molecule has 0 aromatic carbocycles. The van der Waals surface area contributed by atoms with Gasteiger partial charge in [-0.25, -0.2) is 4.79 Å². The van der Waals surface area contributed by atoms with E-state index < -0.39 is 17.2 Å². The number of nitrogens with two attached hydrogens (primary N) is 1. The molecule has 0 bridgehead atoms. The Labute approximate surface area is 160 Å². The third-order valence-corrected chi connectivity index (χ3v) is 5.66. The topological polar surface area (TPSA) is 106 Å². The summed E-state index contributed by atoms with van der Waals surface area (Å²) in [7, 11) is 4.05. The number of nitrogens with zero attached hydrogens (tertiary/aromatic N) is 4. The summed E-state index contributed by atoms with van der Waals surface area (Å²) in [5, 5.41) is 11.2. The largest absolute Gasteiger partial charge is 0.351 e. The van der Waals surface area contributed by atoms with Gasteiger partial charge in [-0.3, -0.25) is 15.0 Å². The van der Waals surface area contributed by atoms with Crippen LogP contribution in [-0.4, -0.2) is 50.9 Å². The molecule has 0 spiro atoms. The van der Waals surface area contributed by atoms with Gasteiger partial charge in [0.2, 0.25) is 5.91 Å². The van der Waals surface area contributed by atoms with Crippen molar-refractivity contribution in [1.29, 1.82) is 0 Å². The van der Waals surface area contributed by atoms with Gasteiger partial charge in [-0.1, -0.05) is 45.9 Å². The second kappa shape index (κ2) is 10.5. The van der Waals surface area contributed by atoms with Gasteiger partial charge in [0, 0.05) is 6.54 Å². The first-order valence-electron chi connectivity index (χ1n) is 9.09. The summed E-state index contributed by atoms with van der Waals surface area (Å²) in [5.74, 6) is 0.518. The third-order valence-electron chi connectivity index (χ3n) is 4.13. The number of thioether (sulfide) groups is 1. The average Bonchev–Trinajstić information content (AvgIpc) is 2.92. The Bertz CT molecular complexity index is 602. The Morgan fingerprint density at radius 1 is 1.27 bits per heavy atom. The number of imide groups is 1. The molecule has 0 aliphatic rings.